The molecule has 2 aromatic rings. The van der Waals surface area contributed by atoms with E-state index in [4.69, 9.17) is 4.42 Å². The Morgan fingerprint density at radius 2 is 1.92 bits per heavy atom. The number of benzene rings is 1. The van der Waals surface area contributed by atoms with E-state index in [0.717, 1.165) is 30.1 Å². The van der Waals surface area contributed by atoms with Crippen molar-refractivity contribution in [3.05, 3.63) is 42.7 Å². The van der Waals surface area contributed by atoms with Crippen molar-refractivity contribution in [3.8, 4) is 11.3 Å². The molecule has 1 unspecified atom stereocenters. The molecular weight excluding hydrogens is 314 g/mol. The van der Waals surface area contributed by atoms with Gasteiger partial charge in [0, 0.05) is 30.4 Å². The van der Waals surface area contributed by atoms with Gasteiger partial charge in [-0.2, -0.15) is 0 Å². The fourth-order valence-corrected chi connectivity index (χ4v) is 4.60. The normalized spacial score (nSPS) is 25.4. The van der Waals surface area contributed by atoms with Crippen molar-refractivity contribution in [1.29, 1.82) is 0 Å². The highest BCUT2D eigenvalue weighted by Crippen LogP contribution is 2.39. The topological polar surface area (TPSA) is 48.7 Å². The first-order valence-electron chi connectivity index (χ1n) is 8.98. The summed E-state index contributed by atoms with van der Waals surface area (Å²) in [5.74, 6) is 1.99. The van der Waals surface area contributed by atoms with Gasteiger partial charge in [-0.05, 0) is 63.0 Å². The fraction of sp³-hybridized carbons (Fsp3) is 0.450. The number of rotatable bonds is 3. The molecule has 1 N–H and O–H groups in total. The lowest BCUT2D eigenvalue weighted by molar-refractivity contribution is 0.0953. The quantitative estimate of drug-likeness (QED) is 0.926. The molecule has 2 heterocycles. The van der Waals surface area contributed by atoms with Crippen LogP contribution in [0.2, 0.25) is 0 Å². The van der Waals surface area contributed by atoms with Crippen LogP contribution in [0.4, 0.5) is 10.5 Å². The predicted molar refractivity (Wildman–Crippen MR) is 98.4 cm³/mol. The number of piperidine rings is 1. The summed E-state index contributed by atoms with van der Waals surface area (Å²) in [5.41, 5.74) is 1.77. The van der Waals surface area contributed by atoms with Gasteiger partial charge in [-0.1, -0.05) is 12.1 Å². The molecule has 0 spiro atoms. The molecule has 2 bridgehead atoms. The van der Waals surface area contributed by atoms with Crippen molar-refractivity contribution in [2.45, 2.75) is 18.9 Å². The Balaban J connectivity index is 1.44. The number of carbonyl (C=O) groups excluding carboxylic acids is 1. The van der Waals surface area contributed by atoms with Gasteiger partial charge in [-0.3, -0.25) is 0 Å². The van der Waals surface area contributed by atoms with E-state index in [2.05, 4.69) is 24.3 Å². The number of furan rings is 1. The summed E-state index contributed by atoms with van der Waals surface area (Å²) < 4.78 is 5.44. The lowest BCUT2D eigenvalue weighted by Gasteiger charge is -2.41. The van der Waals surface area contributed by atoms with Crippen LogP contribution in [0.1, 0.15) is 12.8 Å². The molecule has 1 aliphatic carbocycles. The maximum absolute atomic E-state index is 12.7. The van der Waals surface area contributed by atoms with E-state index < -0.39 is 0 Å². The number of carbonyl (C=O) groups is 1. The Bertz CT molecular complexity index is 727. The molecule has 2 fully saturated rings. The zero-order valence-electron chi connectivity index (χ0n) is 14.8. The number of nitrogens with one attached hydrogen (secondary N) is 1. The van der Waals surface area contributed by atoms with Gasteiger partial charge >= 0.3 is 6.03 Å². The lowest BCUT2D eigenvalue weighted by Crippen LogP contribution is -2.53. The number of fused-ring (bicyclic) bond motifs is 2. The van der Waals surface area contributed by atoms with Crippen molar-refractivity contribution < 1.29 is 9.21 Å². The van der Waals surface area contributed by atoms with Crippen LogP contribution >= 0.6 is 0 Å². The fourth-order valence-electron chi connectivity index (χ4n) is 4.60. The molecule has 4 rings (SSSR count). The maximum atomic E-state index is 12.7. The number of urea groups is 1. The molecule has 5 heteroatoms. The Hall–Kier alpha value is -2.27. The van der Waals surface area contributed by atoms with Crippen molar-refractivity contribution in [1.82, 2.24) is 9.80 Å². The van der Waals surface area contributed by atoms with E-state index in [0.29, 0.717) is 17.9 Å². The van der Waals surface area contributed by atoms with Gasteiger partial charge in [0.25, 0.3) is 0 Å². The summed E-state index contributed by atoms with van der Waals surface area (Å²) in [5, 5.41) is 3.06. The number of likely N-dealkylation sites (tertiary alicyclic amines) is 1. The molecule has 2 amide bonds. The first-order chi connectivity index (χ1) is 12.1. The standard InChI is InChI=1S/C20H25N3O2/c1-22(2)19-15-8-9-16(19)13-23(12-15)20(24)21-17-6-3-5-14(11-17)18-7-4-10-25-18/h3-7,10-11,15-16,19H,8-9,12-13H2,1-2H3,(H,21,24)/t15-,16+,19?. The predicted octanol–water partition coefficient (Wildman–Crippen LogP) is 3.75. The zero-order chi connectivity index (χ0) is 17.4. The third kappa shape index (κ3) is 3.16. The van der Waals surface area contributed by atoms with Crippen LogP contribution in [0, 0.1) is 11.8 Å². The average Bonchev–Trinajstić information content (AvgIpc) is 3.22. The van der Waals surface area contributed by atoms with Crippen molar-refractivity contribution in [2.24, 2.45) is 11.8 Å². The van der Waals surface area contributed by atoms with Crippen molar-refractivity contribution >= 4 is 11.7 Å². The minimum atomic E-state index is 0.00528. The molecule has 1 aliphatic heterocycles. The first-order valence-corrected chi connectivity index (χ1v) is 8.98. The third-order valence-corrected chi connectivity index (χ3v) is 5.59. The Kier molecular flexibility index (Phi) is 4.25. The average molecular weight is 339 g/mol. The molecule has 132 valence electrons. The number of nitrogens with zero attached hydrogens (tertiary/aromatic N) is 2. The molecule has 5 nitrogen and oxygen atoms in total. The van der Waals surface area contributed by atoms with Gasteiger partial charge in [0.05, 0.1) is 6.26 Å². The molecular formula is C20H25N3O2. The van der Waals surface area contributed by atoms with Crippen LogP contribution in [-0.2, 0) is 0 Å². The van der Waals surface area contributed by atoms with Gasteiger partial charge < -0.3 is 19.5 Å². The van der Waals surface area contributed by atoms with E-state index in [-0.39, 0.29) is 6.03 Å². The molecule has 1 aromatic carbocycles. The maximum Gasteiger partial charge on any atom is 0.321 e. The highest BCUT2D eigenvalue weighted by atomic mass is 16.3. The second kappa shape index (κ2) is 6.56. The second-order valence-electron chi connectivity index (χ2n) is 7.44. The second-order valence-corrected chi connectivity index (χ2v) is 7.44. The molecule has 1 aromatic heterocycles. The first kappa shape index (κ1) is 16.2. The zero-order valence-corrected chi connectivity index (χ0v) is 14.8. The number of anilines is 1. The molecule has 1 saturated carbocycles. The van der Waals surface area contributed by atoms with E-state index >= 15 is 0 Å². The van der Waals surface area contributed by atoms with Gasteiger partial charge in [0.1, 0.15) is 5.76 Å². The van der Waals surface area contributed by atoms with E-state index in [1.165, 1.54) is 12.8 Å². The highest BCUT2D eigenvalue weighted by molar-refractivity contribution is 5.90. The van der Waals surface area contributed by atoms with Crippen LogP contribution in [0.25, 0.3) is 11.3 Å². The van der Waals surface area contributed by atoms with Crippen LogP contribution < -0.4 is 5.32 Å². The van der Waals surface area contributed by atoms with Gasteiger partial charge in [0.15, 0.2) is 0 Å². The summed E-state index contributed by atoms with van der Waals surface area (Å²) in [7, 11) is 4.32. The van der Waals surface area contributed by atoms with Gasteiger partial charge in [0.2, 0.25) is 0 Å². The van der Waals surface area contributed by atoms with Crippen LogP contribution in [0.15, 0.2) is 47.1 Å². The van der Waals surface area contributed by atoms with Crippen LogP contribution in [-0.4, -0.2) is 49.1 Å². The summed E-state index contributed by atoms with van der Waals surface area (Å²) >= 11 is 0. The van der Waals surface area contributed by atoms with Crippen LogP contribution in [0.3, 0.4) is 0 Å². The smallest absolute Gasteiger partial charge is 0.321 e. The van der Waals surface area contributed by atoms with Gasteiger partial charge in [-0.15, -0.1) is 0 Å². The highest BCUT2D eigenvalue weighted by Gasteiger charge is 2.44. The van der Waals surface area contributed by atoms with E-state index in [9.17, 15) is 4.79 Å². The third-order valence-electron chi connectivity index (χ3n) is 5.59. The largest absolute Gasteiger partial charge is 0.464 e. The van der Waals surface area contributed by atoms with Gasteiger partial charge in [-0.25, -0.2) is 4.79 Å². The minimum absolute atomic E-state index is 0.00528. The monoisotopic (exact) mass is 339 g/mol. The molecule has 25 heavy (non-hydrogen) atoms. The number of hydrogen-bond donors (Lipinski definition) is 1. The SMILES string of the molecule is CN(C)C1[C@@H]2CC[C@H]1CN(C(=O)Nc1cccc(-c3ccco3)c1)C2. The number of amides is 2. The molecule has 2 aliphatic rings. The minimum Gasteiger partial charge on any atom is -0.464 e. The van der Waals surface area contributed by atoms with Crippen molar-refractivity contribution in [3.63, 3.8) is 0 Å². The van der Waals surface area contributed by atoms with E-state index in [1.807, 2.05) is 41.3 Å². The molecule has 0 radical (unpaired) electrons. The Morgan fingerprint density at radius 1 is 1.16 bits per heavy atom. The molecule has 3 atom stereocenters. The summed E-state index contributed by atoms with van der Waals surface area (Å²) in [6.07, 6.45) is 4.11. The number of hydrogen-bond acceptors (Lipinski definition) is 3. The summed E-state index contributed by atoms with van der Waals surface area (Å²) in [6, 6.07) is 12.2. The van der Waals surface area contributed by atoms with Crippen LogP contribution in [0.5, 0.6) is 0 Å². The molecule has 1 saturated heterocycles. The summed E-state index contributed by atoms with van der Waals surface area (Å²) in [6.45, 7) is 1.70. The Labute approximate surface area is 148 Å². The Morgan fingerprint density at radius 3 is 2.56 bits per heavy atom. The van der Waals surface area contributed by atoms with Crippen molar-refractivity contribution in [2.75, 3.05) is 32.5 Å². The lowest BCUT2D eigenvalue weighted by atomic mass is 9.91. The summed E-state index contributed by atoms with van der Waals surface area (Å²) in [4.78, 5) is 17.1. The van der Waals surface area contributed by atoms with E-state index in [1.54, 1.807) is 6.26 Å².